The number of hydrogen-bond donors (Lipinski definition) is 2. The highest BCUT2D eigenvalue weighted by molar-refractivity contribution is 5.50. The number of nitrogens with zero attached hydrogens (tertiary/aromatic N) is 4. The van der Waals surface area contributed by atoms with Gasteiger partial charge >= 0.3 is 11.9 Å². The van der Waals surface area contributed by atoms with Crippen molar-refractivity contribution in [3.8, 4) is 11.5 Å². The highest BCUT2D eigenvalue weighted by Gasteiger charge is 2.65. The second-order valence-electron chi connectivity index (χ2n) is 12.6. The number of halogens is 3. The molecule has 0 spiro atoms. The van der Waals surface area contributed by atoms with Crippen LogP contribution in [0, 0.1) is 6.92 Å². The molecule has 2 bridgehead atoms. The topological polar surface area (TPSA) is 141 Å². The maximum atomic E-state index is 13.8. The van der Waals surface area contributed by atoms with Gasteiger partial charge in [0.15, 0.2) is 6.23 Å². The Morgan fingerprint density at radius 3 is 2.10 bits per heavy atom. The molecule has 2 saturated heterocycles. The Morgan fingerprint density at radius 1 is 0.923 bits per heavy atom. The van der Waals surface area contributed by atoms with E-state index in [-0.39, 0.29) is 24.7 Å². The number of aryl methyl sites for hydroxylation is 1. The molecule has 4 atom stereocenters. The lowest BCUT2D eigenvalue weighted by atomic mass is 9.79. The van der Waals surface area contributed by atoms with Gasteiger partial charge in [0.05, 0.1) is 27.4 Å². The van der Waals surface area contributed by atoms with E-state index in [0.717, 1.165) is 16.8 Å². The molecule has 2 N–H and O–H groups in total. The minimum absolute atomic E-state index is 0.176. The van der Waals surface area contributed by atoms with Gasteiger partial charge in [-0.05, 0) is 53.9 Å². The normalized spacial score (nSPS) is 21.4. The lowest BCUT2D eigenvalue weighted by Crippen LogP contribution is -2.52. The van der Waals surface area contributed by atoms with Crippen molar-refractivity contribution in [3.63, 3.8) is 0 Å². The molecular weight excluding hydrogens is 683 g/mol. The summed E-state index contributed by atoms with van der Waals surface area (Å²) in [5.74, 6) is 0.879. The minimum atomic E-state index is -4.77. The van der Waals surface area contributed by atoms with E-state index < -0.39 is 52.7 Å². The van der Waals surface area contributed by atoms with E-state index in [1.54, 1.807) is 38.5 Å². The van der Waals surface area contributed by atoms with E-state index in [0.29, 0.717) is 28.2 Å². The number of aromatic nitrogens is 4. The molecule has 7 rings (SSSR count). The maximum absolute atomic E-state index is 13.8. The maximum Gasteiger partial charge on any atom is 0.433 e. The Morgan fingerprint density at radius 2 is 1.52 bits per heavy atom. The van der Waals surface area contributed by atoms with Crippen molar-refractivity contribution in [2.24, 2.45) is 0 Å². The number of anilines is 1. The molecule has 3 aromatic carbocycles. The first-order chi connectivity index (χ1) is 24.9. The predicted octanol–water partition coefficient (Wildman–Crippen LogP) is 4.20. The largest absolute Gasteiger partial charge is 0.497 e. The van der Waals surface area contributed by atoms with Crippen LogP contribution in [0.5, 0.6) is 11.5 Å². The van der Waals surface area contributed by atoms with Gasteiger partial charge in [-0.15, -0.1) is 0 Å². The number of morpholine rings is 1. The number of aliphatic hydroxyl groups is 1. The minimum Gasteiger partial charge on any atom is -0.497 e. The third-order valence-corrected chi connectivity index (χ3v) is 9.62. The van der Waals surface area contributed by atoms with Crippen LogP contribution in [0.3, 0.4) is 0 Å². The van der Waals surface area contributed by atoms with E-state index in [9.17, 15) is 27.9 Å². The van der Waals surface area contributed by atoms with Gasteiger partial charge in [0.2, 0.25) is 5.95 Å². The van der Waals surface area contributed by atoms with Crippen molar-refractivity contribution in [2.45, 2.75) is 42.7 Å². The van der Waals surface area contributed by atoms with Crippen molar-refractivity contribution in [3.05, 3.63) is 146 Å². The Bertz CT molecular complexity index is 2130. The van der Waals surface area contributed by atoms with Gasteiger partial charge in [-0.2, -0.15) is 13.2 Å². The number of ether oxygens (including phenoxy) is 4. The lowest BCUT2D eigenvalue weighted by molar-refractivity contribution is -0.159. The third kappa shape index (κ3) is 5.89. The van der Waals surface area contributed by atoms with Crippen molar-refractivity contribution in [1.29, 1.82) is 0 Å². The number of aliphatic hydroxyl groups excluding tert-OH is 1. The van der Waals surface area contributed by atoms with Crippen LogP contribution in [0.4, 0.5) is 19.1 Å². The highest BCUT2D eigenvalue weighted by Crippen LogP contribution is 2.50. The molecule has 0 aliphatic carbocycles. The number of fused-ring (bicyclic) bond motifs is 2. The first-order valence-electron chi connectivity index (χ1n) is 16.2. The molecule has 0 saturated carbocycles. The molecule has 0 radical (unpaired) electrons. The van der Waals surface area contributed by atoms with Crippen molar-refractivity contribution >= 4 is 5.95 Å². The van der Waals surface area contributed by atoms with E-state index in [2.05, 4.69) is 15.0 Å². The Balaban J connectivity index is 1.38. The molecule has 2 aliphatic rings. The monoisotopic (exact) mass is 717 g/mol. The average Bonchev–Trinajstić information content (AvgIpc) is 3.60. The van der Waals surface area contributed by atoms with E-state index in [1.807, 2.05) is 54.6 Å². The number of methoxy groups -OCH3 is 2. The number of hydrogen-bond acceptors (Lipinski definition) is 10. The fraction of sp³-hybridized carbons (Fsp3) is 0.297. The van der Waals surface area contributed by atoms with Crippen LogP contribution in [0.1, 0.15) is 34.2 Å². The first-order valence-corrected chi connectivity index (χ1v) is 16.2. The van der Waals surface area contributed by atoms with Gasteiger partial charge in [0.1, 0.15) is 40.5 Å². The van der Waals surface area contributed by atoms with Crippen LogP contribution in [-0.4, -0.2) is 69.7 Å². The number of benzene rings is 3. The SMILES string of the molecule is COc1ccc(C(OC[C@@]23CN(c4nccc(C(F)(F)F)n4)[C@@H]([C@H](n4cc(C)c(=O)[nH]c4=O)O2)[C@@H]3O)(c2ccccc2)c2ccc(OC)cc2)cc1. The Labute approximate surface area is 295 Å². The summed E-state index contributed by atoms with van der Waals surface area (Å²) in [6, 6.07) is 23.5. The quantitative estimate of drug-likeness (QED) is 0.202. The summed E-state index contributed by atoms with van der Waals surface area (Å²) >= 11 is 0. The fourth-order valence-corrected chi connectivity index (χ4v) is 7.01. The van der Waals surface area contributed by atoms with Gasteiger partial charge in [-0.25, -0.2) is 14.8 Å². The Hall–Kier alpha value is -5.51. The van der Waals surface area contributed by atoms with Crippen LogP contribution in [0.15, 0.2) is 107 Å². The van der Waals surface area contributed by atoms with E-state index in [1.165, 1.54) is 18.0 Å². The van der Waals surface area contributed by atoms with E-state index >= 15 is 0 Å². The summed E-state index contributed by atoms with van der Waals surface area (Å²) < 4.78 is 67.0. The molecule has 5 aromatic rings. The molecule has 0 amide bonds. The van der Waals surface area contributed by atoms with Crippen molar-refractivity contribution < 1.29 is 37.2 Å². The van der Waals surface area contributed by atoms with Crippen LogP contribution in [-0.2, 0) is 21.3 Å². The molecular formula is C37H34F3N5O7. The number of rotatable bonds is 10. The lowest BCUT2D eigenvalue weighted by Gasteiger charge is -2.41. The molecule has 2 aliphatic heterocycles. The predicted molar refractivity (Wildman–Crippen MR) is 181 cm³/mol. The van der Waals surface area contributed by atoms with Crippen LogP contribution >= 0.6 is 0 Å². The third-order valence-electron chi connectivity index (χ3n) is 9.62. The van der Waals surface area contributed by atoms with Gasteiger partial charge in [0, 0.05) is 18.0 Å². The molecule has 2 fully saturated rings. The van der Waals surface area contributed by atoms with Crippen molar-refractivity contribution in [2.75, 3.05) is 32.3 Å². The molecule has 15 heteroatoms. The molecule has 0 unspecified atom stereocenters. The number of aromatic amines is 1. The standard InChI is InChI=1S/C37H34F3N5O7/c1-22-19-44(34(48)43-31(22)47)32-29-30(46)35(52-32,20-45(29)33-41-18-17-28(42-33)37(38,39)40)21-51-36(23-7-5-4-6-8-23,24-9-13-26(49-2)14-10-24)25-11-15-27(50-3)16-12-25/h4-19,29-30,32,46H,20-21H2,1-3H3,(H,43,47,48)/t29-,30+,32-,35-/m1/s1. The second kappa shape index (κ2) is 13.2. The number of nitrogens with one attached hydrogen (secondary N) is 1. The van der Waals surface area contributed by atoms with Gasteiger partial charge in [-0.3, -0.25) is 14.3 Å². The summed E-state index contributed by atoms with van der Waals surface area (Å²) in [6.07, 6.45) is -5.24. The summed E-state index contributed by atoms with van der Waals surface area (Å²) in [7, 11) is 3.11. The summed E-state index contributed by atoms with van der Waals surface area (Å²) in [4.78, 5) is 37.0. The van der Waals surface area contributed by atoms with Crippen molar-refractivity contribution in [1.82, 2.24) is 19.5 Å². The zero-order valence-corrected chi connectivity index (χ0v) is 28.2. The molecule has 2 aromatic heterocycles. The average molecular weight is 718 g/mol. The summed E-state index contributed by atoms with van der Waals surface area (Å²) in [5.41, 5.74) is -3.37. The summed E-state index contributed by atoms with van der Waals surface area (Å²) in [6.45, 7) is 0.952. The second-order valence-corrected chi connectivity index (χ2v) is 12.6. The molecule has 52 heavy (non-hydrogen) atoms. The molecule has 270 valence electrons. The van der Waals surface area contributed by atoms with Crippen LogP contribution in [0.2, 0.25) is 0 Å². The number of alkyl halides is 3. The van der Waals surface area contributed by atoms with Crippen LogP contribution < -0.4 is 25.6 Å². The zero-order chi connectivity index (χ0) is 36.8. The van der Waals surface area contributed by atoms with Gasteiger partial charge in [0.25, 0.3) is 5.56 Å². The van der Waals surface area contributed by atoms with Gasteiger partial charge in [-0.1, -0.05) is 54.6 Å². The van der Waals surface area contributed by atoms with Gasteiger partial charge < -0.3 is 29.0 Å². The highest BCUT2D eigenvalue weighted by atomic mass is 19.4. The Kier molecular flexibility index (Phi) is 8.89. The smallest absolute Gasteiger partial charge is 0.433 e. The van der Waals surface area contributed by atoms with Crippen LogP contribution in [0.25, 0.3) is 0 Å². The van der Waals surface area contributed by atoms with E-state index in [4.69, 9.17) is 18.9 Å². The summed E-state index contributed by atoms with van der Waals surface area (Å²) in [5, 5.41) is 12.1. The zero-order valence-electron chi connectivity index (χ0n) is 28.2. The number of H-pyrrole nitrogens is 1. The first kappa shape index (κ1) is 34.9. The fourth-order valence-electron chi connectivity index (χ4n) is 7.01. The molecule has 4 heterocycles. The molecule has 12 nitrogen and oxygen atoms in total.